The summed E-state index contributed by atoms with van der Waals surface area (Å²) in [6.45, 7) is 0. The summed E-state index contributed by atoms with van der Waals surface area (Å²) in [4.78, 5) is 19.6. The SMILES string of the molecule is O=C(O)c1c(O)ccc2nc(Nc3ccccc3)cnc12. The molecule has 0 fully saturated rings. The molecule has 1 heterocycles. The van der Waals surface area contributed by atoms with Crippen LogP contribution in [0.2, 0.25) is 0 Å². The molecule has 0 unspecified atom stereocenters. The highest BCUT2D eigenvalue weighted by atomic mass is 16.4. The lowest BCUT2D eigenvalue weighted by Crippen LogP contribution is -2.02. The predicted octanol–water partition coefficient (Wildman–Crippen LogP) is 2.78. The summed E-state index contributed by atoms with van der Waals surface area (Å²) in [5, 5.41) is 21.8. The number of hydrogen-bond donors (Lipinski definition) is 3. The van der Waals surface area contributed by atoms with Crippen LogP contribution in [0.5, 0.6) is 5.75 Å². The number of para-hydroxylation sites is 1. The fourth-order valence-electron chi connectivity index (χ4n) is 2.02. The number of anilines is 2. The van der Waals surface area contributed by atoms with Crippen LogP contribution < -0.4 is 5.32 Å². The van der Waals surface area contributed by atoms with E-state index in [1.165, 1.54) is 18.3 Å². The zero-order valence-corrected chi connectivity index (χ0v) is 10.8. The highest BCUT2D eigenvalue weighted by Crippen LogP contribution is 2.26. The molecule has 3 N–H and O–H groups in total. The number of nitrogens with one attached hydrogen (secondary N) is 1. The van der Waals surface area contributed by atoms with Gasteiger partial charge in [-0.1, -0.05) is 18.2 Å². The predicted molar refractivity (Wildman–Crippen MR) is 77.9 cm³/mol. The summed E-state index contributed by atoms with van der Waals surface area (Å²) in [5.41, 5.74) is 1.15. The molecule has 6 nitrogen and oxygen atoms in total. The molecule has 2 aromatic carbocycles. The van der Waals surface area contributed by atoms with E-state index in [9.17, 15) is 9.90 Å². The smallest absolute Gasteiger partial charge is 0.341 e. The molecule has 0 saturated carbocycles. The Hall–Kier alpha value is -3.15. The van der Waals surface area contributed by atoms with E-state index in [1.54, 1.807) is 0 Å². The standard InChI is InChI=1S/C15H11N3O3/c19-11-7-6-10-14(13(11)15(20)21)16-8-12(18-10)17-9-4-2-1-3-5-9/h1-8,19H,(H,17,18)(H,20,21). The van der Waals surface area contributed by atoms with Crippen LogP contribution in [0.1, 0.15) is 10.4 Å². The molecule has 0 saturated heterocycles. The van der Waals surface area contributed by atoms with Gasteiger partial charge in [-0.25, -0.2) is 14.8 Å². The number of carbonyl (C=O) groups is 1. The molecule has 3 aromatic rings. The summed E-state index contributed by atoms with van der Waals surface area (Å²) in [5.74, 6) is -1.07. The average Bonchev–Trinajstić information content (AvgIpc) is 2.48. The number of benzene rings is 2. The van der Waals surface area contributed by atoms with Crippen LogP contribution >= 0.6 is 0 Å². The van der Waals surface area contributed by atoms with Gasteiger partial charge in [0.05, 0.1) is 11.7 Å². The molecular formula is C15H11N3O3. The zero-order chi connectivity index (χ0) is 14.8. The van der Waals surface area contributed by atoms with Gasteiger partial charge in [0.15, 0.2) is 0 Å². The molecule has 104 valence electrons. The van der Waals surface area contributed by atoms with Crippen molar-refractivity contribution in [3.8, 4) is 5.75 Å². The molecule has 0 bridgehead atoms. The molecule has 0 atom stereocenters. The van der Waals surface area contributed by atoms with E-state index < -0.39 is 5.97 Å². The van der Waals surface area contributed by atoms with Gasteiger partial charge in [0.2, 0.25) is 0 Å². The van der Waals surface area contributed by atoms with Gasteiger partial charge >= 0.3 is 5.97 Å². The monoisotopic (exact) mass is 281 g/mol. The molecule has 1 aromatic heterocycles. The van der Waals surface area contributed by atoms with Crippen LogP contribution in [0.4, 0.5) is 11.5 Å². The van der Waals surface area contributed by atoms with Crippen molar-refractivity contribution in [1.29, 1.82) is 0 Å². The highest BCUT2D eigenvalue weighted by molar-refractivity contribution is 6.03. The highest BCUT2D eigenvalue weighted by Gasteiger charge is 2.16. The van der Waals surface area contributed by atoms with Gasteiger partial charge in [-0.3, -0.25) is 0 Å². The van der Waals surface area contributed by atoms with E-state index >= 15 is 0 Å². The Bertz CT molecular complexity index is 819. The molecule has 0 aliphatic carbocycles. The van der Waals surface area contributed by atoms with Gasteiger partial charge in [0.1, 0.15) is 22.6 Å². The molecule has 21 heavy (non-hydrogen) atoms. The minimum absolute atomic E-state index is 0.154. The largest absolute Gasteiger partial charge is 0.507 e. The number of aromatic nitrogens is 2. The quantitative estimate of drug-likeness (QED) is 0.683. The number of hydrogen-bond acceptors (Lipinski definition) is 5. The summed E-state index contributed by atoms with van der Waals surface area (Å²) in [7, 11) is 0. The van der Waals surface area contributed by atoms with Gasteiger partial charge in [0, 0.05) is 5.69 Å². The first-order valence-electron chi connectivity index (χ1n) is 6.19. The first-order valence-corrected chi connectivity index (χ1v) is 6.19. The van der Waals surface area contributed by atoms with E-state index in [-0.39, 0.29) is 16.8 Å². The van der Waals surface area contributed by atoms with Crippen molar-refractivity contribution in [2.45, 2.75) is 0 Å². The van der Waals surface area contributed by atoms with E-state index in [1.807, 2.05) is 30.3 Å². The Morgan fingerprint density at radius 2 is 1.86 bits per heavy atom. The second-order valence-corrected chi connectivity index (χ2v) is 4.38. The molecule has 0 radical (unpaired) electrons. The summed E-state index contributed by atoms with van der Waals surface area (Å²) in [6.07, 6.45) is 1.43. The molecular weight excluding hydrogens is 270 g/mol. The molecule has 0 aliphatic heterocycles. The van der Waals surface area contributed by atoms with Gasteiger partial charge in [-0.15, -0.1) is 0 Å². The maximum Gasteiger partial charge on any atom is 0.341 e. The Labute approximate surface area is 119 Å². The van der Waals surface area contributed by atoms with E-state index in [2.05, 4.69) is 15.3 Å². The van der Waals surface area contributed by atoms with Crippen LogP contribution in [0, 0.1) is 0 Å². The molecule has 0 aliphatic rings. The second-order valence-electron chi connectivity index (χ2n) is 4.38. The third-order valence-corrected chi connectivity index (χ3v) is 2.95. The third kappa shape index (κ3) is 2.46. The average molecular weight is 281 g/mol. The molecule has 0 spiro atoms. The Morgan fingerprint density at radius 3 is 2.57 bits per heavy atom. The topological polar surface area (TPSA) is 95.3 Å². The number of aromatic carboxylic acids is 1. The van der Waals surface area contributed by atoms with E-state index in [4.69, 9.17) is 5.11 Å². The number of rotatable bonds is 3. The number of nitrogens with zero attached hydrogens (tertiary/aromatic N) is 2. The summed E-state index contributed by atoms with van der Waals surface area (Å²) in [6, 6.07) is 12.3. The molecule has 3 rings (SSSR count). The molecule has 6 heteroatoms. The van der Waals surface area contributed by atoms with Crippen molar-refractivity contribution in [3.05, 3.63) is 54.2 Å². The van der Waals surface area contributed by atoms with Crippen molar-refractivity contribution in [2.75, 3.05) is 5.32 Å². The first kappa shape index (κ1) is 12.9. The van der Waals surface area contributed by atoms with Gasteiger partial charge < -0.3 is 15.5 Å². The lowest BCUT2D eigenvalue weighted by molar-refractivity contribution is 0.0696. The fourth-order valence-corrected chi connectivity index (χ4v) is 2.02. The number of phenols is 1. The summed E-state index contributed by atoms with van der Waals surface area (Å²) >= 11 is 0. The maximum absolute atomic E-state index is 11.2. The van der Waals surface area contributed by atoms with Crippen LogP contribution in [-0.2, 0) is 0 Å². The Morgan fingerprint density at radius 1 is 1.10 bits per heavy atom. The lowest BCUT2D eigenvalue weighted by atomic mass is 10.1. The van der Waals surface area contributed by atoms with Crippen LogP contribution in [0.15, 0.2) is 48.7 Å². The Balaban J connectivity index is 2.05. The number of fused-ring (bicyclic) bond motifs is 1. The van der Waals surface area contributed by atoms with Gasteiger partial charge in [0.25, 0.3) is 0 Å². The van der Waals surface area contributed by atoms with Crippen molar-refractivity contribution in [3.63, 3.8) is 0 Å². The minimum atomic E-state index is -1.24. The Kier molecular flexibility index (Phi) is 3.12. The fraction of sp³-hybridized carbons (Fsp3) is 0. The van der Waals surface area contributed by atoms with E-state index in [0.717, 1.165) is 5.69 Å². The molecule has 0 amide bonds. The normalized spacial score (nSPS) is 10.5. The van der Waals surface area contributed by atoms with Crippen LogP contribution in [0.25, 0.3) is 11.0 Å². The van der Waals surface area contributed by atoms with Crippen LogP contribution in [0.3, 0.4) is 0 Å². The lowest BCUT2D eigenvalue weighted by Gasteiger charge is -2.08. The third-order valence-electron chi connectivity index (χ3n) is 2.95. The zero-order valence-electron chi connectivity index (χ0n) is 10.8. The van der Waals surface area contributed by atoms with Gasteiger partial charge in [-0.05, 0) is 24.3 Å². The number of aromatic hydroxyl groups is 1. The van der Waals surface area contributed by atoms with Crippen molar-refractivity contribution < 1.29 is 15.0 Å². The van der Waals surface area contributed by atoms with Crippen molar-refractivity contribution >= 4 is 28.5 Å². The number of carboxylic acids is 1. The summed E-state index contributed by atoms with van der Waals surface area (Å²) < 4.78 is 0. The first-order chi connectivity index (χ1) is 10.1. The van der Waals surface area contributed by atoms with E-state index in [0.29, 0.717) is 11.3 Å². The second kappa shape index (κ2) is 5.09. The minimum Gasteiger partial charge on any atom is -0.507 e. The maximum atomic E-state index is 11.2. The van der Waals surface area contributed by atoms with Crippen molar-refractivity contribution in [1.82, 2.24) is 9.97 Å². The van der Waals surface area contributed by atoms with Crippen LogP contribution in [-0.4, -0.2) is 26.2 Å². The van der Waals surface area contributed by atoms with Crippen molar-refractivity contribution in [2.24, 2.45) is 0 Å². The van der Waals surface area contributed by atoms with Gasteiger partial charge in [-0.2, -0.15) is 0 Å². The number of carboxylic acid groups (broad SMARTS) is 1.